The SMILES string of the molecule is BrCC=Cc1ccccc1.C=CC. The minimum Gasteiger partial charge on any atom is -0.103 e. The van der Waals surface area contributed by atoms with Crippen LogP contribution < -0.4 is 0 Å². The fraction of sp³-hybridized carbons (Fsp3) is 0.167. The van der Waals surface area contributed by atoms with Crippen LogP contribution in [-0.4, -0.2) is 5.33 Å². The van der Waals surface area contributed by atoms with Crippen molar-refractivity contribution in [2.45, 2.75) is 6.92 Å². The van der Waals surface area contributed by atoms with Crippen LogP contribution in [0.25, 0.3) is 6.08 Å². The summed E-state index contributed by atoms with van der Waals surface area (Å²) in [7, 11) is 0. The van der Waals surface area contributed by atoms with E-state index >= 15 is 0 Å². The van der Waals surface area contributed by atoms with E-state index in [0.29, 0.717) is 0 Å². The molecule has 1 rings (SSSR count). The highest BCUT2D eigenvalue weighted by Gasteiger charge is 1.79. The molecule has 0 aromatic heterocycles. The van der Waals surface area contributed by atoms with Crippen LogP contribution >= 0.6 is 15.9 Å². The lowest BCUT2D eigenvalue weighted by atomic mass is 10.2. The summed E-state index contributed by atoms with van der Waals surface area (Å²) in [4.78, 5) is 0. The number of benzene rings is 1. The van der Waals surface area contributed by atoms with Crippen molar-refractivity contribution in [1.82, 2.24) is 0 Å². The molecule has 1 aromatic carbocycles. The maximum Gasteiger partial charge on any atom is 0.0215 e. The Balaban J connectivity index is 0.000000424. The van der Waals surface area contributed by atoms with E-state index in [2.05, 4.69) is 46.8 Å². The van der Waals surface area contributed by atoms with E-state index < -0.39 is 0 Å². The van der Waals surface area contributed by atoms with Crippen LogP contribution in [0.2, 0.25) is 0 Å². The Kier molecular flexibility index (Phi) is 8.68. The second-order valence-corrected chi connectivity index (χ2v) is 3.02. The zero-order valence-corrected chi connectivity index (χ0v) is 9.50. The molecule has 0 saturated carbocycles. The molecule has 0 N–H and O–H groups in total. The van der Waals surface area contributed by atoms with Crippen molar-refractivity contribution in [1.29, 1.82) is 0 Å². The average Bonchev–Trinajstić information content (AvgIpc) is 2.18. The lowest BCUT2D eigenvalue weighted by molar-refractivity contribution is 1.65. The standard InChI is InChI=1S/C9H9Br.C3H6/c10-8-4-7-9-5-2-1-3-6-9;1-3-2/h1-7H,8H2;3H,1H2,2H3. The molecule has 0 bridgehead atoms. The molecule has 0 fully saturated rings. The van der Waals surface area contributed by atoms with Crippen molar-refractivity contribution >= 4 is 22.0 Å². The van der Waals surface area contributed by atoms with Gasteiger partial charge in [0.25, 0.3) is 0 Å². The Labute approximate surface area is 89.1 Å². The van der Waals surface area contributed by atoms with E-state index in [1.165, 1.54) is 5.56 Å². The van der Waals surface area contributed by atoms with Crippen molar-refractivity contribution in [3.05, 3.63) is 54.6 Å². The molecule has 0 nitrogen and oxygen atoms in total. The summed E-state index contributed by atoms with van der Waals surface area (Å²) in [5.41, 5.74) is 1.25. The predicted octanol–water partition coefficient (Wildman–Crippen LogP) is 4.29. The first-order valence-corrected chi connectivity index (χ1v) is 5.32. The smallest absolute Gasteiger partial charge is 0.0215 e. The van der Waals surface area contributed by atoms with Gasteiger partial charge in [-0.2, -0.15) is 0 Å². The molecule has 0 aliphatic rings. The number of halogens is 1. The lowest BCUT2D eigenvalue weighted by Crippen LogP contribution is -1.67. The number of hydrogen-bond donors (Lipinski definition) is 0. The third-order valence-corrected chi connectivity index (χ3v) is 1.57. The van der Waals surface area contributed by atoms with Crippen LogP contribution in [0.5, 0.6) is 0 Å². The molecular formula is C12H15Br. The fourth-order valence-electron chi connectivity index (χ4n) is 0.745. The molecule has 0 spiro atoms. The van der Waals surface area contributed by atoms with Gasteiger partial charge in [-0.25, -0.2) is 0 Å². The van der Waals surface area contributed by atoms with Gasteiger partial charge in [0.05, 0.1) is 0 Å². The summed E-state index contributed by atoms with van der Waals surface area (Å²) in [6, 6.07) is 10.3. The summed E-state index contributed by atoms with van der Waals surface area (Å²) in [5, 5.41) is 0.919. The fourth-order valence-corrected chi connectivity index (χ4v) is 0.932. The molecule has 0 aliphatic carbocycles. The third kappa shape index (κ3) is 7.54. The van der Waals surface area contributed by atoms with E-state index in [9.17, 15) is 0 Å². The normalized spacial score (nSPS) is 9.08. The van der Waals surface area contributed by atoms with Gasteiger partial charge in [-0.05, 0) is 12.5 Å². The summed E-state index contributed by atoms with van der Waals surface area (Å²) >= 11 is 3.32. The third-order valence-electron chi connectivity index (χ3n) is 1.20. The van der Waals surface area contributed by atoms with Crippen molar-refractivity contribution in [2.24, 2.45) is 0 Å². The first-order valence-electron chi connectivity index (χ1n) is 4.19. The van der Waals surface area contributed by atoms with Crippen LogP contribution in [0, 0.1) is 0 Å². The van der Waals surface area contributed by atoms with Crippen LogP contribution in [0.1, 0.15) is 12.5 Å². The quantitative estimate of drug-likeness (QED) is 0.533. The van der Waals surface area contributed by atoms with Gasteiger partial charge < -0.3 is 0 Å². The van der Waals surface area contributed by atoms with E-state index in [4.69, 9.17) is 0 Å². The molecule has 0 saturated heterocycles. The maximum absolute atomic E-state index is 3.36. The molecule has 0 aliphatic heterocycles. The van der Waals surface area contributed by atoms with Crippen LogP contribution in [0.4, 0.5) is 0 Å². The molecule has 1 aromatic rings. The first-order chi connectivity index (χ1) is 6.35. The predicted molar refractivity (Wildman–Crippen MR) is 65.1 cm³/mol. The second-order valence-electron chi connectivity index (χ2n) is 2.38. The van der Waals surface area contributed by atoms with Crippen LogP contribution in [0.3, 0.4) is 0 Å². The minimum atomic E-state index is 0.919. The van der Waals surface area contributed by atoms with E-state index in [1.807, 2.05) is 25.1 Å². The highest BCUT2D eigenvalue weighted by Crippen LogP contribution is 2.00. The Hall–Kier alpha value is -0.820. The largest absolute Gasteiger partial charge is 0.103 e. The molecule has 0 radical (unpaired) electrons. The van der Waals surface area contributed by atoms with Gasteiger partial charge in [0.15, 0.2) is 0 Å². The summed E-state index contributed by atoms with van der Waals surface area (Å²) in [6.07, 6.45) is 5.92. The van der Waals surface area contributed by atoms with Gasteiger partial charge in [0.1, 0.15) is 0 Å². The van der Waals surface area contributed by atoms with Crippen molar-refractivity contribution in [3.8, 4) is 0 Å². The Morgan fingerprint density at radius 1 is 1.31 bits per heavy atom. The van der Waals surface area contributed by atoms with Gasteiger partial charge >= 0.3 is 0 Å². The van der Waals surface area contributed by atoms with E-state index in [-0.39, 0.29) is 0 Å². The number of rotatable bonds is 2. The first kappa shape index (κ1) is 12.2. The Bertz CT molecular complexity index is 237. The van der Waals surface area contributed by atoms with Crippen molar-refractivity contribution in [3.63, 3.8) is 0 Å². The molecular weight excluding hydrogens is 224 g/mol. The molecule has 0 heterocycles. The lowest BCUT2D eigenvalue weighted by Gasteiger charge is -1.88. The molecule has 0 atom stereocenters. The summed E-state index contributed by atoms with van der Waals surface area (Å²) < 4.78 is 0. The second kappa shape index (κ2) is 9.27. The zero-order chi connectivity index (χ0) is 9.94. The molecule has 70 valence electrons. The maximum atomic E-state index is 3.36. The number of alkyl halides is 1. The van der Waals surface area contributed by atoms with Gasteiger partial charge in [-0.3, -0.25) is 0 Å². The molecule has 0 amide bonds. The van der Waals surface area contributed by atoms with E-state index in [1.54, 1.807) is 6.08 Å². The van der Waals surface area contributed by atoms with Gasteiger partial charge in [0, 0.05) is 5.33 Å². The topological polar surface area (TPSA) is 0 Å². The summed E-state index contributed by atoms with van der Waals surface area (Å²) in [5.74, 6) is 0. The Morgan fingerprint density at radius 2 is 1.85 bits per heavy atom. The van der Waals surface area contributed by atoms with Crippen molar-refractivity contribution < 1.29 is 0 Å². The van der Waals surface area contributed by atoms with Crippen molar-refractivity contribution in [2.75, 3.05) is 5.33 Å². The highest BCUT2D eigenvalue weighted by atomic mass is 79.9. The van der Waals surface area contributed by atoms with Crippen LogP contribution in [0.15, 0.2) is 49.1 Å². The van der Waals surface area contributed by atoms with E-state index in [0.717, 1.165) is 5.33 Å². The van der Waals surface area contributed by atoms with Gasteiger partial charge in [-0.15, -0.1) is 6.58 Å². The van der Waals surface area contributed by atoms with Gasteiger partial charge in [-0.1, -0.05) is 64.5 Å². The average molecular weight is 239 g/mol. The number of allylic oxidation sites excluding steroid dienone is 2. The monoisotopic (exact) mass is 238 g/mol. The minimum absolute atomic E-state index is 0.919. The molecule has 0 unspecified atom stereocenters. The van der Waals surface area contributed by atoms with Crippen LogP contribution in [-0.2, 0) is 0 Å². The van der Waals surface area contributed by atoms with Gasteiger partial charge in [0.2, 0.25) is 0 Å². The molecule has 1 heteroatoms. The number of hydrogen-bond acceptors (Lipinski definition) is 0. The summed E-state index contributed by atoms with van der Waals surface area (Å²) in [6.45, 7) is 5.25. The molecule has 13 heavy (non-hydrogen) atoms. The zero-order valence-electron chi connectivity index (χ0n) is 7.91. The Morgan fingerprint density at radius 3 is 2.31 bits per heavy atom. The highest BCUT2D eigenvalue weighted by molar-refractivity contribution is 9.09.